The average Bonchev–Trinajstić information content (AvgIpc) is 3.31. The number of aromatic nitrogens is 4. The van der Waals surface area contributed by atoms with Gasteiger partial charge in [0.15, 0.2) is 5.82 Å². The van der Waals surface area contributed by atoms with Crippen LogP contribution in [0.2, 0.25) is 0 Å². The number of piperidine rings is 1. The molecule has 7 nitrogen and oxygen atoms in total. The molecule has 1 saturated heterocycles. The second-order valence-electron chi connectivity index (χ2n) is 6.84. The molecular formula is C19H21N5O2S. The number of nitrogens with zero attached hydrogens (tertiary/aromatic N) is 5. The van der Waals surface area contributed by atoms with Crippen molar-refractivity contribution in [3.8, 4) is 11.4 Å². The topological polar surface area (TPSA) is 85.0 Å². The van der Waals surface area contributed by atoms with Crippen LogP contribution >= 0.6 is 11.3 Å². The minimum Gasteiger partial charge on any atom is -0.361 e. The Bertz CT molecular complexity index is 947. The lowest BCUT2D eigenvalue weighted by Crippen LogP contribution is -2.39. The van der Waals surface area contributed by atoms with E-state index in [4.69, 9.17) is 9.51 Å². The molecule has 1 amide bonds. The van der Waals surface area contributed by atoms with Crippen molar-refractivity contribution in [3.05, 3.63) is 45.5 Å². The molecule has 140 valence electrons. The van der Waals surface area contributed by atoms with Crippen LogP contribution in [-0.2, 0) is 0 Å². The first kappa shape index (κ1) is 17.8. The number of amides is 1. The number of hydrogen-bond acceptors (Lipinski definition) is 7. The van der Waals surface area contributed by atoms with Gasteiger partial charge >= 0.3 is 0 Å². The molecule has 27 heavy (non-hydrogen) atoms. The van der Waals surface area contributed by atoms with Crippen LogP contribution in [0.15, 0.2) is 21.5 Å². The summed E-state index contributed by atoms with van der Waals surface area (Å²) in [6.07, 6.45) is 2.94. The van der Waals surface area contributed by atoms with Crippen molar-refractivity contribution in [3.63, 3.8) is 0 Å². The third-order valence-corrected chi connectivity index (χ3v) is 5.47. The maximum Gasteiger partial charge on any atom is 0.273 e. The number of likely N-dealkylation sites (tertiary alicyclic amines) is 1. The van der Waals surface area contributed by atoms with E-state index >= 15 is 0 Å². The van der Waals surface area contributed by atoms with Crippen LogP contribution in [0.5, 0.6) is 0 Å². The summed E-state index contributed by atoms with van der Waals surface area (Å²) < 4.78 is 5.28. The fourth-order valence-electron chi connectivity index (χ4n) is 3.63. The predicted molar refractivity (Wildman–Crippen MR) is 101 cm³/mol. The van der Waals surface area contributed by atoms with Crippen molar-refractivity contribution < 1.29 is 9.32 Å². The molecule has 0 N–H and O–H groups in total. The van der Waals surface area contributed by atoms with Crippen LogP contribution in [0.25, 0.3) is 11.4 Å². The Morgan fingerprint density at radius 3 is 2.81 bits per heavy atom. The fraction of sp³-hybridized carbons (Fsp3) is 0.421. The normalized spacial score (nSPS) is 17.3. The largest absolute Gasteiger partial charge is 0.361 e. The zero-order valence-electron chi connectivity index (χ0n) is 15.6. The van der Waals surface area contributed by atoms with E-state index in [1.54, 1.807) is 10.9 Å². The molecule has 3 aromatic rings. The summed E-state index contributed by atoms with van der Waals surface area (Å²) in [5, 5.41) is 5.81. The molecule has 1 aliphatic rings. The van der Waals surface area contributed by atoms with Gasteiger partial charge in [0.2, 0.25) is 0 Å². The van der Waals surface area contributed by atoms with Gasteiger partial charge in [0, 0.05) is 17.6 Å². The molecule has 0 radical (unpaired) electrons. The molecule has 3 aromatic heterocycles. The van der Waals surface area contributed by atoms with Crippen molar-refractivity contribution in [1.82, 2.24) is 25.0 Å². The van der Waals surface area contributed by atoms with Gasteiger partial charge in [-0.25, -0.2) is 15.0 Å². The third-order valence-electron chi connectivity index (χ3n) is 4.89. The minimum absolute atomic E-state index is 0.0314. The summed E-state index contributed by atoms with van der Waals surface area (Å²) in [6, 6.07) is 1.90. The van der Waals surface area contributed by atoms with Gasteiger partial charge in [-0.3, -0.25) is 4.79 Å². The Kier molecular flexibility index (Phi) is 4.73. The highest BCUT2D eigenvalue weighted by Crippen LogP contribution is 2.33. The molecule has 1 atom stereocenters. The number of rotatable bonds is 3. The summed E-state index contributed by atoms with van der Waals surface area (Å²) in [5.41, 5.74) is 5.51. The van der Waals surface area contributed by atoms with E-state index in [-0.39, 0.29) is 11.9 Å². The Balaban J connectivity index is 1.74. The Hall–Kier alpha value is -2.61. The van der Waals surface area contributed by atoms with Crippen molar-refractivity contribution in [2.24, 2.45) is 0 Å². The quantitative estimate of drug-likeness (QED) is 0.682. The van der Waals surface area contributed by atoms with Crippen LogP contribution in [0, 0.1) is 20.8 Å². The second kappa shape index (κ2) is 7.19. The van der Waals surface area contributed by atoms with Gasteiger partial charge in [0.1, 0.15) is 11.5 Å². The smallest absolute Gasteiger partial charge is 0.273 e. The number of thiazole rings is 1. The Morgan fingerprint density at radius 2 is 2.11 bits per heavy atom. The number of carbonyl (C=O) groups is 1. The van der Waals surface area contributed by atoms with Crippen molar-refractivity contribution in [2.75, 3.05) is 6.54 Å². The van der Waals surface area contributed by atoms with Gasteiger partial charge in [-0.1, -0.05) is 5.16 Å². The molecule has 0 spiro atoms. The van der Waals surface area contributed by atoms with Crippen LogP contribution < -0.4 is 0 Å². The third kappa shape index (κ3) is 3.37. The molecule has 0 aromatic carbocycles. The first-order valence-electron chi connectivity index (χ1n) is 9.02. The first-order chi connectivity index (χ1) is 13.0. The maximum atomic E-state index is 13.0. The van der Waals surface area contributed by atoms with E-state index in [0.29, 0.717) is 23.8 Å². The summed E-state index contributed by atoms with van der Waals surface area (Å²) in [7, 11) is 0. The maximum absolute atomic E-state index is 13.0. The van der Waals surface area contributed by atoms with Crippen molar-refractivity contribution >= 4 is 17.2 Å². The molecule has 0 bridgehead atoms. The molecule has 0 aliphatic carbocycles. The molecule has 0 saturated carbocycles. The van der Waals surface area contributed by atoms with E-state index in [9.17, 15) is 4.79 Å². The van der Waals surface area contributed by atoms with E-state index in [0.717, 1.165) is 41.9 Å². The van der Waals surface area contributed by atoms with Gasteiger partial charge in [-0.2, -0.15) is 0 Å². The minimum atomic E-state index is -0.0751. The van der Waals surface area contributed by atoms with Gasteiger partial charge in [0.25, 0.3) is 5.91 Å². The van der Waals surface area contributed by atoms with Crippen LogP contribution in [0.1, 0.15) is 58.6 Å². The van der Waals surface area contributed by atoms with E-state index in [1.165, 1.54) is 11.3 Å². The average molecular weight is 383 g/mol. The zero-order valence-corrected chi connectivity index (χ0v) is 16.4. The monoisotopic (exact) mass is 383 g/mol. The van der Waals surface area contributed by atoms with Gasteiger partial charge < -0.3 is 9.42 Å². The standard InChI is InChI=1S/C19H21N5O2S/c1-11-8-14(22-18(21-11)17-12(2)23-26-13(17)3)16-6-4-5-7-24(16)19(25)15-9-27-10-20-15/h8-10,16H,4-7H2,1-3H3/t16-/m0/s1. The molecule has 1 aliphatic heterocycles. The summed E-state index contributed by atoms with van der Waals surface area (Å²) in [4.78, 5) is 28.4. The SMILES string of the molecule is Cc1cc([C@@H]2CCCCN2C(=O)c2cscn2)nc(-c2c(C)noc2C)n1. The van der Waals surface area contributed by atoms with E-state index < -0.39 is 0 Å². The highest BCUT2D eigenvalue weighted by molar-refractivity contribution is 7.07. The summed E-state index contributed by atoms with van der Waals surface area (Å²) in [6.45, 7) is 6.41. The van der Waals surface area contributed by atoms with Gasteiger partial charge in [-0.15, -0.1) is 11.3 Å². The molecule has 0 unspecified atom stereocenters. The lowest BCUT2D eigenvalue weighted by atomic mass is 9.98. The lowest BCUT2D eigenvalue weighted by Gasteiger charge is -2.35. The predicted octanol–water partition coefficient (Wildman–Crippen LogP) is 3.88. The van der Waals surface area contributed by atoms with Crippen LogP contribution in [-0.4, -0.2) is 37.5 Å². The Labute approximate surface area is 161 Å². The second-order valence-corrected chi connectivity index (χ2v) is 7.56. The van der Waals surface area contributed by atoms with E-state index in [1.807, 2.05) is 31.7 Å². The lowest BCUT2D eigenvalue weighted by molar-refractivity contribution is 0.0600. The summed E-state index contributed by atoms with van der Waals surface area (Å²) >= 11 is 1.43. The van der Waals surface area contributed by atoms with Crippen molar-refractivity contribution in [1.29, 1.82) is 0 Å². The van der Waals surface area contributed by atoms with E-state index in [2.05, 4.69) is 15.1 Å². The highest BCUT2D eigenvalue weighted by atomic mass is 32.1. The van der Waals surface area contributed by atoms with Crippen LogP contribution in [0.4, 0.5) is 0 Å². The molecule has 1 fully saturated rings. The molecule has 4 rings (SSSR count). The number of aryl methyl sites for hydroxylation is 3. The van der Waals surface area contributed by atoms with Gasteiger partial charge in [0.05, 0.1) is 28.5 Å². The zero-order chi connectivity index (χ0) is 19.0. The van der Waals surface area contributed by atoms with Gasteiger partial charge in [-0.05, 0) is 46.1 Å². The highest BCUT2D eigenvalue weighted by Gasteiger charge is 2.31. The van der Waals surface area contributed by atoms with Crippen molar-refractivity contribution in [2.45, 2.75) is 46.1 Å². The molecular weight excluding hydrogens is 362 g/mol. The Morgan fingerprint density at radius 1 is 1.26 bits per heavy atom. The summed E-state index contributed by atoms with van der Waals surface area (Å²) in [5.74, 6) is 1.27. The number of carbonyl (C=O) groups excluding carboxylic acids is 1. The molecule has 4 heterocycles. The fourth-order valence-corrected chi connectivity index (χ4v) is 4.15. The molecule has 8 heteroatoms. The number of hydrogen-bond donors (Lipinski definition) is 0. The van der Waals surface area contributed by atoms with Crippen LogP contribution in [0.3, 0.4) is 0 Å². The first-order valence-corrected chi connectivity index (χ1v) is 9.97.